The molecule has 124 valence electrons. The topological polar surface area (TPSA) is 49.9 Å². The highest BCUT2D eigenvalue weighted by Crippen LogP contribution is 2.31. The number of anilines is 1. The Balaban J connectivity index is 1.88. The van der Waals surface area contributed by atoms with Gasteiger partial charge in [-0.2, -0.15) is 0 Å². The maximum atomic E-state index is 13.2. The number of aliphatic imine (C=N–C) groups is 2. The van der Waals surface area contributed by atoms with Crippen LogP contribution < -0.4 is 5.32 Å². The van der Waals surface area contributed by atoms with E-state index in [2.05, 4.69) is 15.3 Å². The van der Waals surface area contributed by atoms with Crippen LogP contribution in [0, 0.1) is 12.7 Å². The summed E-state index contributed by atoms with van der Waals surface area (Å²) in [6, 6.07) is 15.1. The molecule has 1 aliphatic heterocycles. The Bertz CT molecular complexity index is 1010. The first-order chi connectivity index (χ1) is 12.1. The Labute approximate surface area is 148 Å². The normalized spacial score (nSPS) is 13.4. The highest BCUT2D eigenvalue weighted by Gasteiger charge is 2.17. The van der Waals surface area contributed by atoms with Crippen LogP contribution in [0.3, 0.4) is 0 Å². The molecule has 0 saturated heterocycles. The van der Waals surface area contributed by atoms with E-state index >= 15 is 0 Å². The fraction of sp³-hybridized carbons (Fsp3) is 0.0526. The van der Waals surface area contributed by atoms with Gasteiger partial charge in [-0.25, -0.2) is 14.4 Å². The molecule has 4 nitrogen and oxygen atoms in total. The van der Waals surface area contributed by atoms with E-state index in [1.807, 2.05) is 19.1 Å². The molecule has 0 fully saturated rings. The maximum Gasteiger partial charge on any atom is 0.176 e. The number of benzene rings is 2. The van der Waals surface area contributed by atoms with Crippen LogP contribution in [0.5, 0.6) is 0 Å². The Kier molecular flexibility index (Phi) is 3.86. The lowest BCUT2D eigenvalue weighted by Crippen LogP contribution is -2.14. The smallest absolute Gasteiger partial charge is 0.176 e. The van der Waals surface area contributed by atoms with Crippen molar-refractivity contribution >= 4 is 34.6 Å². The second-order valence-electron chi connectivity index (χ2n) is 5.60. The van der Waals surface area contributed by atoms with Crippen LogP contribution in [-0.4, -0.2) is 11.7 Å². The van der Waals surface area contributed by atoms with Gasteiger partial charge in [0.1, 0.15) is 11.6 Å². The van der Waals surface area contributed by atoms with Crippen molar-refractivity contribution in [2.45, 2.75) is 6.92 Å². The largest absolute Gasteiger partial charge is 0.458 e. The quantitative estimate of drug-likeness (QED) is 0.676. The second-order valence-corrected chi connectivity index (χ2v) is 6.04. The molecule has 0 bridgehead atoms. The van der Waals surface area contributed by atoms with Gasteiger partial charge in [0.15, 0.2) is 17.4 Å². The maximum absolute atomic E-state index is 13.2. The second kappa shape index (κ2) is 6.18. The zero-order valence-electron chi connectivity index (χ0n) is 13.3. The SMILES string of the molecule is Cc1ccc(C2=NC(c3ccc(F)cc3)=Nc3ccc(Cl)cc3N2)o1. The van der Waals surface area contributed by atoms with E-state index in [9.17, 15) is 4.39 Å². The lowest BCUT2D eigenvalue weighted by Gasteiger charge is -2.07. The van der Waals surface area contributed by atoms with Crippen molar-refractivity contribution in [3.8, 4) is 0 Å². The molecule has 0 spiro atoms. The third-order valence-corrected chi connectivity index (χ3v) is 3.97. The lowest BCUT2D eigenvalue weighted by atomic mass is 10.2. The van der Waals surface area contributed by atoms with Crippen molar-refractivity contribution in [3.63, 3.8) is 0 Å². The van der Waals surface area contributed by atoms with Crippen LogP contribution in [0.15, 0.2) is 69.0 Å². The van der Waals surface area contributed by atoms with Crippen molar-refractivity contribution in [2.75, 3.05) is 5.32 Å². The van der Waals surface area contributed by atoms with Gasteiger partial charge < -0.3 is 9.73 Å². The molecule has 0 saturated carbocycles. The number of hydrogen-bond donors (Lipinski definition) is 1. The van der Waals surface area contributed by atoms with E-state index in [1.165, 1.54) is 12.1 Å². The summed E-state index contributed by atoms with van der Waals surface area (Å²) in [4.78, 5) is 9.21. The average Bonchev–Trinajstić information content (AvgIpc) is 2.93. The van der Waals surface area contributed by atoms with E-state index in [-0.39, 0.29) is 5.82 Å². The highest BCUT2D eigenvalue weighted by molar-refractivity contribution is 6.31. The standard InChI is InChI=1S/C19H13ClFN3O/c1-11-2-9-17(25-11)19-23-16-10-13(20)5-8-15(16)22-18(24-19)12-3-6-14(21)7-4-12/h2-10H,1H3,(H,22,23,24). The Hall–Kier alpha value is -2.92. The van der Waals surface area contributed by atoms with Gasteiger partial charge in [0, 0.05) is 10.6 Å². The number of rotatable bonds is 2. The number of hydrogen-bond acceptors (Lipinski definition) is 4. The highest BCUT2D eigenvalue weighted by atomic mass is 35.5. The molecule has 0 atom stereocenters. The fourth-order valence-electron chi connectivity index (χ4n) is 2.51. The average molecular weight is 354 g/mol. The minimum Gasteiger partial charge on any atom is -0.458 e. The summed E-state index contributed by atoms with van der Waals surface area (Å²) in [7, 11) is 0. The van der Waals surface area contributed by atoms with Gasteiger partial charge in [0.25, 0.3) is 0 Å². The van der Waals surface area contributed by atoms with Crippen molar-refractivity contribution in [1.29, 1.82) is 0 Å². The van der Waals surface area contributed by atoms with E-state index < -0.39 is 0 Å². The van der Waals surface area contributed by atoms with Crippen LogP contribution in [0.25, 0.3) is 0 Å². The predicted molar refractivity (Wildman–Crippen MR) is 97.7 cm³/mol. The third-order valence-electron chi connectivity index (χ3n) is 3.73. The van der Waals surface area contributed by atoms with Crippen molar-refractivity contribution in [1.82, 2.24) is 0 Å². The van der Waals surface area contributed by atoms with Crippen LogP contribution in [0.1, 0.15) is 17.1 Å². The molecule has 6 heteroatoms. The number of fused-ring (bicyclic) bond motifs is 1. The van der Waals surface area contributed by atoms with Gasteiger partial charge in [0.05, 0.1) is 11.4 Å². The minimum atomic E-state index is -0.311. The first-order valence-corrected chi connectivity index (χ1v) is 8.03. The molecule has 1 N–H and O–H groups in total. The molecule has 0 unspecified atom stereocenters. The van der Waals surface area contributed by atoms with E-state index in [4.69, 9.17) is 16.0 Å². The summed E-state index contributed by atoms with van der Waals surface area (Å²) < 4.78 is 18.9. The van der Waals surface area contributed by atoms with Gasteiger partial charge >= 0.3 is 0 Å². The molecule has 0 aliphatic carbocycles. The molecule has 2 aromatic carbocycles. The molecule has 0 radical (unpaired) electrons. The van der Waals surface area contributed by atoms with Crippen LogP contribution >= 0.6 is 11.6 Å². The number of nitrogens with one attached hydrogen (secondary N) is 1. The van der Waals surface area contributed by atoms with Gasteiger partial charge in [-0.1, -0.05) is 11.6 Å². The lowest BCUT2D eigenvalue weighted by molar-refractivity contribution is 0.526. The van der Waals surface area contributed by atoms with Gasteiger partial charge in [0.2, 0.25) is 0 Å². The Morgan fingerprint density at radius 2 is 1.80 bits per heavy atom. The van der Waals surface area contributed by atoms with E-state index in [0.717, 1.165) is 11.4 Å². The summed E-state index contributed by atoms with van der Waals surface area (Å²) in [5.41, 5.74) is 2.11. The summed E-state index contributed by atoms with van der Waals surface area (Å²) in [5, 5.41) is 3.81. The van der Waals surface area contributed by atoms with Crippen LogP contribution in [0.4, 0.5) is 15.8 Å². The monoisotopic (exact) mass is 353 g/mol. The molecular formula is C19H13ClFN3O. The summed E-state index contributed by atoms with van der Waals surface area (Å²) in [6.07, 6.45) is 0. The molecule has 2 heterocycles. The van der Waals surface area contributed by atoms with Crippen LogP contribution in [0.2, 0.25) is 5.02 Å². The zero-order chi connectivity index (χ0) is 17.4. The number of aryl methyl sites for hydroxylation is 1. The van der Waals surface area contributed by atoms with Crippen molar-refractivity contribution in [3.05, 3.63) is 82.5 Å². The zero-order valence-corrected chi connectivity index (χ0v) is 14.0. The van der Waals surface area contributed by atoms with Crippen molar-refractivity contribution < 1.29 is 8.81 Å². The first kappa shape index (κ1) is 15.6. The minimum absolute atomic E-state index is 0.311. The molecule has 3 aromatic rings. The number of nitrogens with zero attached hydrogens (tertiary/aromatic N) is 2. The predicted octanol–water partition coefficient (Wildman–Crippen LogP) is 5.33. The Morgan fingerprint density at radius 3 is 2.52 bits per heavy atom. The molecule has 25 heavy (non-hydrogen) atoms. The van der Waals surface area contributed by atoms with Crippen molar-refractivity contribution in [2.24, 2.45) is 9.98 Å². The molecule has 1 aliphatic rings. The van der Waals surface area contributed by atoms with Gasteiger partial charge in [-0.05, 0) is 61.5 Å². The summed E-state index contributed by atoms with van der Waals surface area (Å²) in [5.74, 6) is 2.01. The molecule has 0 amide bonds. The first-order valence-electron chi connectivity index (χ1n) is 7.65. The third kappa shape index (κ3) is 3.19. The molecule has 4 rings (SSSR count). The van der Waals surface area contributed by atoms with Gasteiger partial charge in [-0.15, -0.1) is 0 Å². The summed E-state index contributed by atoms with van der Waals surface area (Å²) >= 11 is 6.11. The number of halogens is 2. The van der Waals surface area contributed by atoms with Crippen LogP contribution in [-0.2, 0) is 0 Å². The fourth-order valence-corrected chi connectivity index (χ4v) is 2.69. The number of furan rings is 1. The Morgan fingerprint density at radius 1 is 1.00 bits per heavy atom. The summed E-state index contributed by atoms with van der Waals surface area (Å²) in [6.45, 7) is 1.86. The van der Waals surface area contributed by atoms with Gasteiger partial charge in [-0.3, -0.25) is 0 Å². The van der Waals surface area contributed by atoms with E-state index in [0.29, 0.717) is 33.7 Å². The molecular weight excluding hydrogens is 341 g/mol. The molecule has 1 aromatic heterocycles. The van der Waals surface area contributed by atoms with E-state index in [1.54, 1.807) is 30.3 Å². The number of amidine groups is 2.